The molecule has 1 aliphatic heterocycles. The highest BCUT2D eigenvalue weighted by molar-refractivity contribution is 7.80. The smallest absolute Gasteiger partial charge is 0.173 e. The predicted molar refractivity (Wildman–Crippen MR) is 101 cm³/mol. The maximum atomic E-state index is 13.3. The van der Waals surface area contributed by atoms with E-state index in [9.17, 15) is 4.39 Å². The molecule has 1 heterocycles. The lowest BCUT2D eigenvalue weighted by atomic mass is 10.2. The second-order valence-corrected chi connectivity index (χ2v) is 6.66. The summed E-state index contributed by atoms with van der Waals surface area (Å²) in [5, 5.41) is 4.62. The summed E-state index contributed by atoms with van der Waals surface area (Å²) in [5.74, 6) is -0.182. The normalized spacial score (nSPS) is 15.3. The third-order valence-electron chi connectivity index (χ3n) is 4.03. The lowest BCUT2D eigenvalue weighted by molar-refractivity contribution is 0.177. The Morgan fingerprint density at radius 1 is 1.08 bits per heavy atom. The van der Waals surface area contributed by atoms with Crippen molar-refractivity contribution in [3.05, 3.63) is 64.9 Å². The number of rotatable bonds is 3. The minimum Gasteiger partial charge on any atom is -0.346 e. The van der Waals surface area contributed by atoms with E-state index < -0.39 is 0 Å². The number of hydrogen-bond donors (Lipinski definition) is 1. The average Bonchev–Trinajstić information content (AvgIpc) is 2.55. The maximum absolute atomic E-state index is 13.3. The molecule has 3 nitrogen and oxygen atoms in total. The topological polar surface area (TPSA) is 18.5 Å². The van der Waals surface area contributed by atoms with Gasteiger partial charge in [-0.25, -0.2) is 4.39 Å². The number of anilines is 1. The van der Waals surface area contributed by atoms with Crippen LogP contribution >= 0.6 is 23.8 Å². The third kappa shape index (κ3) is 4.66. The molecule has 0 radical (unpaired) electrons. The van der Waals surface area contributed by atoms with Gasteiger partial charge in [-0.2, -0.15) is 0 Å². The lowest BCUT2D eigenvalue weighted by Gasteiger charge is -2.36. The van der Waals surface area contributed by atoms with E-state index in [0.29, 0.717) is 10.1 Å². The van der Waals surface area contributed by atoms with Crippen LogP contribution < -0.4 is 5.32 Å². The van der Waals surface area contributed by atoms with Crippen molar-refractivity contribution in [2.24, 2.45) is 0 Å². The zero-order valence-electron chi connectivity index (χ0n) is 13.2. The predicted octanol–water partition coefficient (Wildman–Crippen LogP) is 3.99. The molecule has 0 aliphatic carbocycles. The fourth-order valence-corrected chi connectivity index (χ4v) is 3.26. The van der Waals surface area contributed by atoms with Crippen LogP contribution in [0.25, 0.3) is 0 Å². The van der Waals surface area contributed by atoms with Crippen LogP contribution in [0.4, 0.5) is 10.1 Å². The van der Waals surface area contributed by atoms with Crippen molar-refractivity contribution < 1.29 is 4.39 Å². The minimum atomic E-state index is -0.182. The zero-order valence-corrected chi connectivity index (χ0v) is 14.8. The summed E-state index contributed by atoms with van der Waals surface area (Å²) in [6, 6.07) is 14.3. The summed E-state index contributed by atoms with van der Waals surface area (Å²) in [6.45, 7) is 4.26. The molecule has 0 amide bonds. The van der Waals surface area contributed by atoms with Crippen molar-refractivity contribution in [3.8, 4) is 0 Å². The summed E-state index contributed by atoms with van der Waals surface area (Å²) < 4.78 is 13.3. The van der Waals surface area contributed by atoms with E-state index in [1.54, 1.807) is 12.1 Å². The summed E-state index contributed by atoms with van der Waals surface area (Å²) in [4.78, 5) is 4.46. The number of nitrogens with one attached hydrogen (secondary N) is 1. The molecular formula is C18H19ClFN3S. The van der Waals surface area contributed by atoms with Crippen LogP contribution in [0.2, 0.25) is 5.02 Å². The van der Waals surface area contributed by atoms with E-state index in [4.69, 9.17) is 23.8 Å². The Bertz CT molecular complexity index is 717. The van der Waals surface area contributed by atoms with Crippen molar-refractivity contribution in [2.75, 3.05) is 31.5 Å². The van der Waals surface area contributed by atoms with E-state index in [-0.39, 0.29) is 5.82 Å². The number of thiocarbonyl (C=S) groups is 1. The molecule has 24 heavy (non-hydrogen) atoms. The summed E-state index contributed by atoms with van der Waals surface area (Å²) >= 11 is 11.5. The molecule has 2 aromatic carbocycles. The van der Waals surface area contributed by atoms with Gasteiger partial charge in [0.1, 0.15) is 5.82 Å². The Balaban J connectivity index is 1.50. The molecule has 1 saturated heterocycles. The molecule has 0 bridgehead atoms. The standard InChI is InChI=1S/C18H19ClFN3S/c19-15-4-2-6-17(12-15)21-18(24)23-9-7-22(8-10-23)13-14-3-1-5-16(20)11-14/h1-6,11-12H,7-10,13H2,(H,21,24). The first-order valence-corrected chi connectivity index (χ1v) is 8.67. The lowest BCUT2D eigenvalue weighted by Crippen LogP contribution is -2.49. The van der Waals surface area contributed by atoms with Crippen LogP contribution in [0.15, 0.2) is 48.5 Å². The molecule has 0 spiro atoms. The molecule has 3 rings (SSSR count). The maximum Gasteiger partial charge on any atom is 0.173 e. The van der Waals surface area contributed by atoms with Crippen LogP contribution in [-0.4, -0.2) is 41.1 Å². The van der Waals surface area contributed by atoms with Gasteiger partial charge in [-0.3, -0.25) is 4.90 Å². The molecule has 0 saturated carbocycles. The van der Waals surface area contributed by atoms with E-state index in [2.05, 4.69) is 15.1 Å². The molecule has 0 unspecified atom stereocenters. The van der Waals surface area contributed by atoms with Gasteiger partial charge >= 0.3 is 0 Å². The third-order valence-corrected chi connectivity index (χ3v) is 4.63. The van der Waals surface area contributed by atoms with Crippen molar-refractivity contribution in [1.82, 2.24) is 9.80 Å². The van der Waals surface area contributed by atoms with E-state index >= 15 is 0 Å². The van der Waals surface area contributed by atoms with Gasteiger partial charge in [0.25, 0.3) is 0 Å². The quantitative estimate of drug-likeness (QED) is 0.830. The van der Waals surface area contributed by atoms with Crippen molar-refractivity contribution >= 4 is 34.6 Å². The summed E-state index contributed by atoms with van der Waals surface area (Å²) in [7, 11) is 0. The van der Waals surface area contributed by atoms with Crippen LogP contribution in [0, 0.1) is 5.82 Å². The molecule has 126 valence electrons. The Kier molecular flexibility index (Phi) is 5.66. The number of benzene rings is 2. The Hall–Kier alpha value is -1.69. The first-order valence-electron chi connectivity index (χ1n) is 7.88. The van der Waals surface area contributed by atoms with Gasteiger partial charge in [0.05, 0.1) is 0 Å². The number of piperazine rings is 1. The first kappa shape index (κ1) is 17.1. The average molecular weight is 364 g/mol. The number of nitrogens with zero attached hydrogens (tertiary/aromatic N) is 2. The molecule has 1 N–H and O–H groups in total. The number of halogens is 2. The van der Waals surface area contributed by atoms with Gasteiger partial charge in [0, 0.05) is 43.4 Å². The Labute approximate surface area is 152 Å². The van der Waals surface area contributed by atoms with Gasteiger partial charge < -0.3 is 10.2 Å². The van der Waals surface area contributed by atoms with Gasteiger partial charge in [-0.15, -0.1) is 0 Å². The van der Waals surface area contributed by atoms with Crippen molar-refractivity contribution in [1.29, 1.82) is 0 Å². The highest BCUT2D eigenvalue weighted by atomic mass is 35.5. The monoisotopic (exact) mass is 363 g/mol. The van der Waals surface area contributed by atoms with Crippen LogP contribution in [0.5, 0.6) is 0 Å². The molecule has 6 heteroatoms. The fraction of sp³-hybridized carbons (Fsp3) is 0.278. The second-order valence-electron chi connectivity index (χ2n) is 5.83. The molecule has 1 fully saturated rings. The molecule has 1 aliphatic rings. The Morgan fingerprint density at radius 2 is 1.83 bits per heavy atom. The summed E-state index contributed by atoms with van der Waals surface area (Å²) in [5.41, 5.74) is 1.90. The largest absolute Gasteiger partial charge is 0.346 e. The van der Waals surface area contributed by atoms with E-state index in [0.717, 1.165) is 44.0 Å². The van der Waals surface area contributed by atoms with Gasteiger partial charge in [-0.05, 0) is 48.1 Å². The minimum absolute atomic E-state index is 0.182. The highest BCUT2D eigenvalue weighted by Crippen LogP contribution is 2.16. The molecular weight excluding hydrogens is 345 g/mol. The van der Waals surface area contributed by atoms with Gasteiger partial charge in [0.2, 0.25) is 0 Å². The van der Waals surface area contributed by atoms with Crippen LogP contribution in [0.3, 0.4) is 0 Å². The van der Waals surface area contributed by atoms with Crippen molar-refractivity contribution in [2.45, 2.75) is 6.54 Å². The SMILES string of the molecule is Fc1cccc(CN2CCN(C(=S)Nc3cccc(Cl)c3)CC2)c1. The van der Waals surface area contributed by atoms with Crippen LogP contribution in [-0.2, 0) is 6.54 Å². The fourth-order valence-electron chi connectivity index (χ4n) is 2.77. The van der Waals surface area contributed by atoms with Gasteiger partial charge in [-0.1, -0.05) is 29.8 Å². The second kappa shape index (κ2) is 7.92. The van der Waals surface area contributed by atoms with E-state index in [1.165, 1.54) is 6.07 Å². The summed E-state index contributed by atoms with van der Waals surface area (Å²) in [6.07, 6.45) is 0. The molecule has 0 aromatic heterocycles. The van der Waals surface area contributed by atoms with Crippen LogP contribution in [0.1, 0.15) is 5.56 Å². The van der Waals surface area contributed by atoms with E-state index in [1.807, 2.05) is 30.3 Å². The molecule has 2 aromatic rings. The van der Waals surface area contributed by atoms with Gasteiger partial charge in [0.15, 0.2) is 5.11 Å². The first-order chi connectivity index (χ1) is 11.6. The number of hydrogen-bond acceptors (Lipinski definition) is 2. The highest BCUT2D eigenvalue weighted by Gasteiger charge is 2.19. The van der Waals surface area contributed by atoms with Crippen molar-refractivity contribution in [3.63, 3.8) is 0 Å². The molecule has 0 atom stereocenters. The zero-order chi connectivity index (χ0) is 16.9. The Morgan fingerprint density at radius 3 is 2.54 bits per heavy atom.